The van der Waals surface area contributed by atoms with Crippen molar-refractivity contribution in [3.05, 3.63) is 95.0 Å². The number of furan rings is 1. The van der Waals surface area contributed by atoms with Crippen LogP contribution in [-0.4, -0.2) is 28.8 Å². The molecule has 2 heterocycles. The van der Waals surface area contributed by atoms with Gasteiger partial charge in [-0.3, -0.25) is 9.59 Å². The molecule has 32 heavy (non-hydrogen) atoms. The van der Waals surface area contributed by atoms with E-state index in [0.717, 1.165) is 11.1 Å². The maximum absolute atomic E-state index is 13.1. The maximum Gasteiger partial charge on any atom is 0.296 e. The van der Waals surface area contributed by atoms with Gasteiger partial charge in [0.15, 0.2) is 0 Å². The van der Waals surface area contributed by atoms with Gasteiger partial charge in [0.25, 0.3) is 11.7 Å². The summed E-state index contributed by atoms with van der Waals surface area (Å²) in [7, 11) is 1.55. The Bertz CT molecular complexity index is 1140. The fourth-order valence-corrected chi connectivity index (χ4v) is 3.93. The zero-order chi connectivity index (χ0) is 22.8. The highest BCUT2D eigenvalue weighted by Gasteiger charge is 2.46. The van der Waals surface area contributed by atoms with Crippen molar-refractivity contribution in [3.63, 3.8) is 0 Å². The van der Waals surface area contributed by atoms with Crippen LogP contribution in [0.2, 0.25) is 0 Å². The van der Waals surface area contributed by atoms with Crippen molar-refractivity contribution in [2.75, 3.05) is 7.11 Å². The molecule has 0 saturated carbocycles. The number of hydrogen-bond donors (Lipinski definition) is 1. The van der Waals surface area contributed by atoms with Gasteiger partial charge >= 0.3 is 0 Å². The molecule has 1 atom stereocenters. The predicted molar refractivity (Wildman–Crippen MR) is 120 cm³/mol. The Morgan fingerprint density at radius 3 is 2.31 bits per heavy atom. The van der Waals surface area contributed by atoms with Crippen LogP contribution in [0.1, 0.15) is 48.3 Å². The van der Waals surface area contributed by atoms with Crippen LogP contribution in [0.25, 0.3) is 5.76 Å². The number of methoxy groups -OCH3 is 1. The van der Waals surface area contributed by atoms with Gasteiger partial charge in [-0.2, -0.15) is 0 Å². The number of ketones is 1. The number of hydrogen-bond acceptors (Lipinski definition) is 5. The van der Waals surface area contributed by atoms with Gasteiger partial charge in [-0.25, -0.2) is 0 Å². The second kappa shape index (κ2) is 8.75. The van der Waals surface area contributed by atoms with Crippen molar-refractivity contribution in [1.29, 1.82) is 0 Å². The lowest BCUT2D eigenvalue weighted by Crippen LogP contribution is -2.29. The summed E-state index contributed by atoms with van der Waals surface area (Å²) in [6.45, 7) is 4.32. The van der Waals surface area contributed by atoms with Crippen LogP contribution in [0, 0.1) is 0 Å². The first-order valence-electron chi connectivity index (χ1n) is 10.5. The van der Waals surface area contributed by atoms with E-state index >= 15 is 0 Å². The van der Waals surface area contributed by atoms with E-state index in [9.17, 15) is 14.7 Å². The molecule has 164 valence electrons. The van der Waals surface area contributed by atoms with Crippen molar-refractivity contribution in [2.45, 2.75) is 32.4 Å². The van der Waals surface area contributed by atoms with Crippen LogP contribution >= 0.6 is 0 Å². The molecule has 1 N–H and O–H groups in total. The Balaban J connectivity index is 1.83. The minimum absolute atomic E-state index is 0.0593. The largest absolute Gasteiger partial charge is 0.507 e. The number of carbonyl (C=O) groups excluding carboxylic acids is 2. The second-order valence-electron chi connectivity index (χ2n) is 8.06. The normalized spacial score (nSPS) is 17.9. The fraction of sp³-hybridized carbons (Fsp3) is 0.231. The topological polar surface area (TPSA) is 80.0 Å². The number of rotatable bonds is 6. The first-order valence-corrected chi connectivity index (χ1v) is 10.5. The van der Waals surface area contributed by atoms with E-state index in [-0.39, 0.29) is 17.9 Å². The predicted octanol–water partition coefficient (Wildman–Crippen LogP) is 5.03. The van der Waals surface area contributed by atoms with Gasteiger partial charge in [0.1, 0.15) is 17.3 Å². The number of ether oxygens (including phenoxy) is 1. The van der Waals surface area contributed by atoms with Crippen molar-refractivity contribution >= 4 is 17.4 Å². The first kappa shape index (κ1) is 21.4. The molecule has 4 rings (SSSR count). The van der Waals surface area contributed by atoms with Crippen molar-refractivity contribution < 1.29 is 23.8 Å². The molecule has 0 spiro atoms. The zero-order valence-electron chi connectivity index (χ0n) is 18.2. The molecular formula is C26H25NO5. The molecule has 1 saturated heterocycles. The summed E-state index contributed by atoms with van der Waals surface area (Å²) in [4.78, 5) is 27.5. The zero-order valence-corrected chi connectivity index (χ0v) is 18.2. The lowest BCUT2D eigenvalue weighted by molar-refractivity contribution is -0.140. The molecule has 6 nitrogen and oxygen atoms in total. The third-order valence-corrected chi connectivity index (χ3v) is 5.73. The van der Waals surface area contributed by atoms with Crippen LogP contribution < -0.4 is 4.74 Å². The molecule has 1 aromatic heterocycles. The van der Waals surface area contributed by atoms with E-state index in [4.69, 9.17) is 9.15 Å². The SMILES string of the molecule is COc1ccc(/C(O)=C2\C(=O)C(=O)N(Cc3ccco3)[C@H]2c2ccc(C(C)C)cc2)cc1. The number of aliphatic hydroxyl groups excluding tert-OH is 1. The molecule has 3 aromatic rings. The molecular weight excluding hydrogens is 406 g/mol. The number of amides is 1. The highest BCUT2D eigenvalue weighted by atomic mass is 16.5. The standard InChI is InChI=1S/C26H25NO5/c1-16(2)17-6-8-18(9-7-17)23-22(24(28)19-10-12-20(31-3)13-11-19)25(29)26(30)27(23)15-21-5-4-14-32-21/h4-14,16,23,28H,15H2,1-3H3/b24-22+/t23-/m0/s1. The van der Waals surface area contributed by atoms with E-state index in [2.05, 4.69) is 13.8 Å². The van der Waals surface area contributed by atoms with Gasteiger partial charge in [0.2, 0.25) is 0 Å². The third kappa shape index (κ3) is 3.91. The van der Waals surface area contributed by atoms with Gasteiger partial charge in [0.05, 0.1) is 31.5 Å². The smallest absolute Gasteiger partial charge is 0.296 e. The van der Waals surface area contributed by atoms with E-state index in [0.29, 0.717) is 23.0 Å². The van der Waals surface area contributed by atoms with Crippen LogP contribution in [0.4, 0.5) is 0 Å². The summed E-state index contributed by atoms with van der Waals surface area (Å²) < 4.78 is 10.6. The van der Waals surface area contributed by atoms with Gasteiger partial charge in [-0.1, -0.05) is 38.1 Å². The molecule has 1 aliphatic heterocycles. The van der Waals surface area contributed by atoms with E-state index < -0.39 is 17.7 Å². The van der Waals surface area contributed by atoms with Crippen LogP contribution in [-0.2, 0) is 16.1 Å². The average molecular weight is 431 g/mol. The van der Waals surface area contributed by atoms with Gasteiger partial charge in [-0.05, 0) is 53.4 Å². The lowest BCUT2D eigenvalue weighted by atomic mass is 9.93. The Morgan fingerprint density at radius 2 is 1.75 bits per heavy atom. The fourth-order valence-electron chi connectivity index (χ4n) is 3.93. The molecule has 0 aliphatic carbocycles. The van der Waals surface area contributed by atoms with Crippen molar-refractivity contribution in [3.8, 4) is 5.75 Å². The van der Waals surface area contributed by atoms with E-state index in [1.54, 1.807) is 43.5 Å². The summed E-state index contributed by atoms with van der Waals surface area (Å²) in [5, 5.41) is 11.1. The summed E-state index contributed by atoms with van der Waals surface area (Å²) in [5.41, 5.74) is 2.39. The molecule has 1 amide bonds. The molecule has 2 aromatic carbocycles. The Kier molecular flexibility index (Phi) is 5.86. The average Bonchev–Trinajstić information content (AvgIpc) is 3.41. The Hall–Kier alpha value is -3.80. The number of carbonyl (C=O) groups is 2. The minimum Gasteiger partial charge on any atom is -0.507 e. The summed E-state index contributed by atoms with van der Waals surface area (Å²) in [6, 6.07) is 17.2. The van der Waals surface area contributed by atoms with Crippen molar-refractivity contribution in [1.82, 2.24) is 4.90 Å². The van der Waals surface area contributed by atoms with Gasteiger partial charge in [0, 0.05) is 5.56 Å². The first-order chi connectivity index (χ1) is 15.4. The lowest BCUT2D eigenvalue weighted by Gasteiger charge is -2.25. The van der Waals surface area contributed by atoms with Crippen LogP contribution in [0.5, 0.6) is 5.75 Å². The summed E-state index contributed by atoms with van der Waals surface area (Å²) >= 11 is 0. The molecule has 0 radical (unpaired) electrons. The number of likely N-dealkylation sites (tertiary alicyclic amines) is 1. The monoisotopic (exact) mass is 431 g/mol. The number of Topliss-reactive ketones (excluding diaryl/α,β-unsaturated/α-hetero) is 1. The Morgan fingerprint density at radius 1 is 1.06 bits per heavy atom. The molecule has 1 fully saturated rings. The third-order valence-electron chi connectivity index (χ3n) is 5.73. The highest BCUT2D eigenvalue weighted by molar-refractivity contribution is 6.46. The molecule has 0 bridgehead atoms. The highest BCUT2D eigenvalue weighted by Crippen LogP contribution is 2.40. The van der Waals surface area contributed by atoms with E-state index in [1.807, 2.05) is 24.3 Å². The summed E-state index contributed by atoms with van der Waals surface area (Å²) in [6.07, 6.45) is 1.52. The summed E-state index contributed by atoms with van der Waals surface area (Å²) in [5.74, 6) is -0.0818. The quantitative estimate of drug-likeness (QED) is 0.336. The van der Waals surface area contributed by atoms with Gasteiger partial charge in [-0.15, -0.1) is 0 Å². The number of benzene rings is 2. The minimum atomic E-state index is -0.733. The number of aliphatic hydroxyl groups is 1. The molecule has 0 unspecified atom stereocenters. The molecule has 6 heteroatoms. The Labute approximate surface area is 186 Å². The van der Waals surface area contributed by atoms with E-state index in [1.165, 1.54) is 11.2 Å². The van der Waals surface area contributed by atoms with Crippen LogP contribution in [0.3, 0.4) is 0 Å². The van der Waals surface area contributed by atoms with Crippen LogP contribution in [0.15, 0.2) is 76.9 Å². The van der Waals surface area contributed by atoms with Crippen molar-refractivity contribution in [2.24, 2.45) is 0 Å². The van der Waals surface area contributed by atoms with Gasteiger partial charge < -0.3 is 19.2 Å². The number of nitrogens with zero attached hydrogens (tertiary/aromatic N) is 1. The maximum atomic E-state index is 13.1. The second-order valence-corrected chi connectivity index (χ2v) is 8.06. The molecule has 1 aliphatic rings.